The molecule has 1 amide bonds. The van der Waals surface area contributed by atoms with Crippen molar-refractivity contribution in [2.24, 2.45) is 7.05 Å². The Morgan fingerprint density at radius 3 is 2.51 bits per heavy atom. The van der Waals surface area contributed by atoms with Gasteiger partial charge in [0.2, 0.25) is 0 Å². The number of fused-ring (bicyclic) bond motifs is 1. The molecular weight excluding hydrogens is 521 g/mol. The van der Waals surface area contributed by atoms with Crippen molar-refractivity contribution in [3.05, 3.63) is 35.9 Å². The van der Waals surface area contributed by atoms with Crippen molar-refractivity contribution in [3.63, 3.8) is 0 Å². The molecule has 1 aliphatic heterocycles. The van der Waals surface area contributed by atoms with Crippen LogP contribution in [0.15, 0.2) is 24.7 Å². The Morgan fingerprint density at radius 2 is 1.89 bits per heavy atom. The maximum absolute atomic E-state index is 13.9. The van der Waals surface area contributed by atoms with Gasteiger partial charge in [0.15, 0.2) is 11.3 Å². The highest BCUT2D eigenvalue weighted by molar-refractivity contribution is 6.08. The van der Waals surface area contributed by atoms with Gasteiger partial charge in [0.1, 0.15) is 17.6 Å². The van der Waals surface area contributed by atoms with Gasteiger partial charge in [-0.3, -0.25) is 9.48 Å². The summed E-state index contributed by atoms with van der Waals surface area (Å²) >= 11 is 0. The molecule has 0 bridgehead atoms. The molecule has 1 fully saturated rings. The lowest BCUT2D eigenvalue weighted by Gasteiger charge is -2.22. The molecule has 0 aliphatic carbocycles. The Kier molecular flexibility index (Phi) is 7.89. The van der Waals surface area contributed by atoms with Gasteiger partial charge in [-0.1, -0.05) is 0 Å². The predicted molar refractivity (Wildman–Crippen MR) is 113 cm³/mol. The first kappa shape index (κ1) is 27.6. The van der Waals surface area contributed by atoms with Crippen LogP contribution in [0.3, 0.4) is 0 Å². The number of hydrogen-bond acceptors (Lipinski definition) is 7. The molecule has 0 radical (unpaired) electrons. The minimum Gasteiger partial charge on any atom is -0.475 e. The molecule has 1 saturated heterocycles. The molecule has 37 heavy (non-hydrogen) atoms. The van der Waals surface area contributed by atoms with Crippen LogP contribution >= 0.6 is 0 Å². The van der Waals surface area contributed by atoms with Crippen LogP contribution in [0.25, 0.3) is 5.65 Å². The van der Waals surface area contributed by atoms with Crippen molar-refractivity contribution >= 4 is 29.0 Å². The minimum atomic E-state index is -5.08. The van der Waals surface area contributed by atoms with Gasteiger partial charge in [0, 0.05) is 39.1 Å². The number of carbonyl (C=O) groups is 2. The lowest BCUT2D eigenvalue weighted by atomic mass is 10.3. The summed E-state index contributed by atoms with van der Waals surface area (Å²) in [7, 11) is 1.32. The fourth-order valence-corrected chi connectivity index (χ4v) is 3.25. The molecule has 1 unspecified atom stereocenters. The van der Waals surface area contributed by atoms with Crippen LogP contribution in [0.4, 0.5) is 42.2 Å². The zero-order chi connectivity index (χ0) is 27.5. The van der Waals surface area contributed by atoms with E-state index in [4.69, 9.17) is 9.90 Å². The fraction of sp³-hybridized carbons (Fsp3) is 0.421. The van der Waals surface area contributed by atoms with Crippen LogP contribution in [-0.2, 0) is 18.0 Å². The Labute approximate surface area is 202 Å². The number of carboxylic acids is 1. The first-order valence-electron chi connectivity index (χ1n) is 10.3. The van der Waals surface area contributed by atoms with Gasteiger partial charge in [-0.2, -0.15) is 36.5 Å². The summed E-state index contributed by atoms with van der Waals surface area (Å²) in [6.45, 7) is 1.47. The number of alkyl halides is 7. The monoisotopic (exact) mass is 540 g/mol. The van der Waals surface area contributed by atoms with Gasteiger partial charge in [0.05, 0.1) is 18.4 Å². The number of anilines is 2. The lowest BCUT2D eigenvalue weighted by molar-refractivity contribution is -0.192. The van der Waals surface area contributed by atoms with Gasteiger partial charge in [-0.05, 0) is 6.07 Å². The Bertz CT molecular complexity index is 1270. The Morgan fingerprint density at radius 1 is 1.22 bits per heavy atom. The number of aliphatic carboxylic acids is 1. The molecule has 0 spiro atoms. The first-order chi connectivity index (χ1) is 17.2. The van der Waals surface area contributed by atoms with Gasteiger partial charge < -0.3 is 20.6 Å². The highest BCUT2D eigenvalue weighted by atomic mass is 19.4. The van der Waals surface area contributed by atoms with E-state index in [1.165, 1.54) is 17.8 Å². The molecule has 1 aliphatic rings. The second kappa shape index (κ2) is 10.6. The number of amides is 1. The molecule has 3 aromatic rings. The summed E-state index contributed by atoms with van der Waals surface area (Å²) < 4.78 is 87.3. The van der Waals surface area contributed by atoms with Crippen LogP contribution < -0.4 is 15.5 Å². The fourth-order valence-electron chi connectivity index (χ4n) is 3.25. The van der Waals surface area contributed by atoms with Crippen molar-refractivity contribution in [1.29, 1.82) is 0 Å². The van der Waals surface area contributed by atoms with Crippen LogP contribution in [-0.4, -0.2) is 79.9 Å². The number of aromatic nitrogens is 5. The molecule has 11 nitrogen and oxygen atoms in total. The molecule has 0 aromatic carbocycles. The summed E-state index contributed by atoms with van der Waals surface area (Å²) in [5.41, 5.74) is -1.53. The molecule has 3 N–H and O–H groups in total. The van der Waals surface area contributed by atoms with Crippen molar-refractivity contribution in [1.82, 2.24) is 29.7 Å². The largest absolute Gasteiger partial charge is 0.490 e. The highest BCUT2D eigenvalue weighted by Crippen LogP contribution is 2.33. The summed E-state index contributed by atoms with van der Waals surface area (Å²) in [6.07, 6.45) is -7.04. The van der Waals surface area contributed by atoms with E-state index in [0.29, 0.717) is 18.9 Å². The van der Waals surface area contributed by atoms with Crippen LogP contribution in [0.1, 0.15) is 16.1 Å². The van der Waals surface area contributed by atoms with E-state index in [2.05, 4.69) is 25.8 Å². The van der Waals surface area contributed by atoms with Crippen molar-refractivity contribution < 1.29 is 45.4 Å². The maximum Gasteiger partial charge on any atom is 0.490 e. The van der Waals surface area contributed by atoms with E-state index < -0.39 is 41.8 Å². The SMILES string of the molecule is Cn1cc(NC(=O)c2cnn3ccc(N4CCNCC(F)C4)nc23)c(C(F)(F)F)n1.O=C(O)C(F)(F)F. The standard InChI is InChI=1S/C17H18F4N8O.C2HF3O2/c1-27-9-12(14(26-27)17(19,20)21)24-16(30)11-7-23-29-4-2-13(25-15(11)29)28-5-3-22-6-10(18)8-28;3-2(4,5)1(6)7/h2,4,7,9-10,22H,3,5-6,8H2,1H3,(H,24,30);(H,6,7). The second-order valence-corrected chi connectivity index (χ2v) is 7.68. The predicted octanol–water partition coefficient (Wildman–Crippen LogP) is 2.11. The number of hydrogen-bond donors (Lipinski definition) is 3. The summed E-state index contributed by atoms with van der Waals surface area (Å²) in [6, 6.07) is 1.64. The van der Waals surface area contributed by atoms with E-state index in [-0.39, 0.29) is 24.3 Å². The van der Waals surface area contributed by atoms with Crippen molar-refractivity contribution in [2.75, 3.05) is 36.4 Å². The number of carboxylic acid groups (broad SMARTS) is 1. The molecule has 202 valence electrons. The molecule has 3 aromatic heterocycles. The van der Waals surface area contributed by atoms with Crippen LogP contribution in [0, 0.1) is 0 Å². The quantitative estimate of drug-likeness (QED) is 0.431. The zero-order valence-electron chi connectivity index (χ0n) is 18.8. The van der Waals surface area contributed by atoms with Crippen molar-refractivity contribution in [2.45, 2.75) is 18.5 Å². The summed E-state index contributed by atoms with van der Waals surface area (Å²) in [5.74, 6) is -3.12. The summed E-state index contributed by atoms with van der Waals surface area (Å²) in [4.78, 5) is 27.7. The third-order valence-electron chi connectivity index (χ3n) is 4.85. The number of nitrogens with one attached hydrogen (secondary N) is 2. The Hall–Kier alpha value is -3.96. The van der Waals surface area contributed by atoms with E-state index >= 15 is 0 Å². The Balaban J connectivity index is 0.000000479. The highest BCUT2D eigenvalue weighted by Gasteiger charge is 2.39. The van der Waals surface area contributed by atoms with E-state index in [1.807, 2.05) is 0 Å². The smallest absolute Gasteiger partial charge is 0.475 e. The normalized spacial score (nSPS) is 16.6. The maximum atomic E-state index is 13.9. The number of carbonyl (C=O) groups excluding carboxylic acids is 1. The third kappa shape index (κ3) is 6.83. The number of aryl methyl sites for hydroxylation is 1. The third-order valence-corrected chi connectivity index (χ3v) is 4.85. The van der Waals surface area contributed by atoms with E-state index in [9.17, 15) is 35.5 Å². The zero-order valence-corrected chi connectivity index (χ0v) is 18.8. The lowest BCUT2D eigenvalue weighted by Crippen LogP contribution is -2.31. The van der Waals surface area contributed by atoms with Crippen molar-refractivity contribution in [3.8, 4) is 0 Å². The average molecular weight is 540 g/mol. The van der Waals surface area contributed by atoms with Gasteiger partial charge in [-0.15, -0.1) is 0 Å². The van der Waals surface area contributed by atoms with Crippen LogP contribution in [0.2, 0.25) is 0 Å². The van der Waals surface area contributed by atoms with Crippen LogP contribution in [0.5, 0.6) is 0 Å². The topological polar surface area (TPSA) is 130 Å². The molecule has 4 heterocycles. The number of nitrogens with zero attached hydrogens (tertiary/aromatic N) is 6. The molecule has 18 heteroatoms. The number of rotatable bonds is 3. The van der Waals surface area contributed by atoms with E-state index in [0.717, 1.165) is 10.9 Å². The molecule has 1 atom stereocenters. The summed E-state index contributed by atoms with van der Waals surface area (Å²) in [5, 5.41) is 19.7. The molecule has 4 rings (SSSR count). The average Bonchev–Trinajstić information content (AvgIpc) is 3.31. The molecular formula is C19H19F7N8O3. The number of halogens is 7. The van der Waals surface area contributed by atoms with Gasteiger partial charge in [-0.25, -0.2) is 18.7 Å². The van der Waals surface area contributed by atoms with Gasteiger partial charge >= 0.3 is 18.3 Å². The van der Waals surface area contributed by atoms with E-state index in [1.54, 1.807) is 17.2 Å². The molecule has 0 saturated carbocycles. The first-order valence-corrected chi connectivity index (χ1v) is 10.3. The minimum absolute atomic E-state index is 0.0152. The van der Waals surface area contributed by atoms with Gasteiger partial charge in [0.25, 0.3) is 5.91 Å². The second-order valence-electron chi connectivity index (χ2n) is 7.68.